The summed E-state index contributed by atoms with van der Waals surface area (Å²) in [6, 6.07) is 11.0. The minimum absolute atomic E-state index is 0.213. The fourth-order valence-electron chi connectivity index (χ4n) is 2.42. The normalized spacial score (nSPS) is 10.5. The molecule has 0 saturated carbocycles. The van der Waals surface area contributed by atoms with Gasteiger partial charge in [0.25, 0.3) is 0 Å². The highest BCUT2D eigenvalue weighted by molar-refractivity contribution is 5.91. The number of urea groups is 1. The number of aromatic nitrogens is 5. The average molecular weight is 337 g/mol. The number of rotatable bonds is 5. The maximum absolute atomic E-state index is 12.5. The van der Waals surface area contributed by atoms with E-state index < -0.39 is 0 Å². The average Bonchev–Trinajstić information content (AvgIpc) is 3.11. The summed E-state index contributed by atoms with van der Waals surface area (Å²) in [6.45, 7) is 2.47. The van der Waals surface area contributed by atoms with E-state index in [-0.39, 0.29) is 6.03 Å². The number of anilines is 1. The first kappa shape index (κ1) is 16.6. The van der Waals surface area contributed by atoms with Crippen LogP contribution in [-0.4, -0.2) is 43.2 Å². The van der Waals surface area contributed by atoms with Crippen LogP contribution in [0.25, 0.3) is 5.69 Å². The van der Waals surface area contributed by atoms with E-state index in [2.05, 4.69) is 25.8 Å². The zero-order chi connectivity index (χ0) is 17.6. The molecule has 2 aromatic heterocycles. The summed E-state index contributed by atoms with van der Waals surface area (Å²) in [7, 11) is 1.74. The predicted molar refractivity (Wildman–Crippen MR) is 93.3 cm³/mol. The van der Waals surface area contributed by atoms with Crippen LogP contribution in [0, 0.1) is 0 Å². The molecule has 0 unspecified atom stereocenters. The van der Waals surface area contributed by atoms with Gasteiger partial charge in [0.05, 0.1) is 11.4 Å². The van der Waals surface area contributed by atoms with E-state index in [0.29, 0.717) is 18.7 Å². The van der Waals surface area contributed by atoms with Crippen molar-refractivity contribution in [3.05, 3.63) is 60.2 Å². The van der Waals surface area contributed by atoms with Crippen LogP contribution < -0.4 is 5.32 Å². The van der Waals surface area contributed by atoms with Crippen molar-refractivity contribution in [2.45, 2.75) is 19.9 Å². The number of carbonyl (C=O) groups excluding carboxylic acids is 1. The standard InChI is InChI=1S/C17H19N7O/c1-3-16-20-21-22-24(16)15-7-5-4-6-14(15)19-17(25)23(2)12-13-8-10-18-11-9-13/h4-11H,3,12H2,1-2H3,(H,19,25). The zero-order valence-electron chi connectivity index (χ0n) is 14.1. The van der Waals surface area contributed by atoms with Gasteiger partial charge in [0.2, 0.25) is 0 Å². The summed E-state index contributed by atoms with van der Waals surface area (Å²) in [5.74, 6) is 0.729. The van der Waals surface area contributed by atoms with Gasteiger partial charge in [-0.3, -0.25) is 4.98 Å². The lowest BCUT2D eigenvalue weighted by atomic mass is 10.2. The van der Waals surface area contributed by atoms with E-state index in [4.69, 9.17) is 0 Å². The lowest BCUT2D eigenvalue weighted by molar-refractivity contribution is 0.220. The largest absolute Gasteiger partial charge is 0.323 e. The highest BCUT2D eigenvalue weighted by Crippen LogP contribution is 2.20. The molecule has 0 atom stereocenters. The Morgan fingerprint density at radius 1 is 1.20 bits per heavy atom. The Kier molecular flexibility index (Phi) is 4.98. The topological polar surface area (TPSA) is 88.8 Å². The Hall–Kier alpha value is -3.29. The quantitative estimate of drug-likeness (QED) is 0.771. The maximum Gasteiger partial charge on any atom is 0.321 e. The van der Waals surface area contributed by atoms with Crippen LogP contribution in [0.4, 0.5) is 10.5 Å². The zero-order valence-corrected chi connectivity index (χ0v) is 14.1. The summed E-state index contributed by atoms with van der Waals surface area (Å²) in [5, 5.41) is 14.7. The fourth-order valence-corrected chi connectivity index (χ4v) is 2.42. The van der Waals surface area contributed by atoms with Crippen LogP contribution >= 0.6 is 0 Å². The van der Waals surface area contributed by atoms with Gasteiger partial charge in [-0.05, 0) is 40.3 Å². The molecule has 3 aromatic rings. The Bertz CT molecular complexity index is 847. The number of para-hydroxylation sites is 2. The van der Waals surface area contributed by atoms with Crippen molar-refractivity contribution in [1.29, 1.82) is 0 Å². The van der Waals surface area contributed by atoms with E-state index in [1.807, 2.05) is 43.3 Å². The molecule has 0 bridgehead atoms. The number of hydrogen-bond donors (Lipinski definition) is 1. The van der Waals surface area contributed by atoms with Crippen LogP contribution in [0.1, 0.15) is 18.3 Å². The smallest absolute Gasteiger partial charge is 0.321 e. The van der Waals surface area contributed by atoms with Gasteiger partial charge in [-0.15, -0.1) is 5.10 Å². The molecule has 1 N–H and O–H groups in total. The van der Waals surface area contributed by atoms with Crippen molar-refractivity contribution in [3.63, 3.8) is 0 Å². The van der Waals surface area contributed by atoms with Gasteiger partial charge < -0.3 is 10.2 Å². The second kappa shape index (κ2) is 7.52. The minimum atomic E-state index is -0.213. The van der Waals surface area contributed by atoms with Crippen LogP contribution in [-0.2, 0) is 13.0 Å². The summed E-state index contributed by atoms with van der Waals surface area (Å²) in [5.41, 5.74) is 2.39. The second-order valence-electron chi connectivity index (χ2n) is 5.52. The fraction of sp³-hybridized carbons (Fsp3) is 0.235. The van der Waals surface area contributed by atoms with Gasteiger partial charge in [0, 0.05) is 32.4 Å². The number of carbonyl (C=O) groups is 1. The molecule has 0 aliphatic rings. The van der Waals surface area contributed by atoms with E-state index in [1.165, 1.54) is 0 Å². The molecule has 128 valence electrons. The number of aryl methyl sites for hydroxylation is 1. The molecule has 2 heterocycles. The lowest BCUT2D eigenvalue weighted by Gasteiger charge is -2.19. The first-order chi connectivity index (χ1) is 12.2. The molecule has 0 spiro atoms. The highest BCUT2D eigenvalue weighted by atomic mass is 16.2. The van der Waals surface area contributed by atoms with Crippen molar-refractivity contribution in [2.24, 2.45) is 0 Å². The molecule has 0 saturated heterocycles. The molecular weight excluding hydrogens is 318 g/mol. The Morgan fingerprint density at radius 2 is 1.96 bits per heavy atom. The molecule has 0 aliphatic carbocycles. The van der Waals surface area contributed by atoms with Gasteiger partial charge in [-0.25, -0.2) is 4.79 Å². The monoisotopic (exact) mass is 337 g/mol. The molecule has 2 amide bonds. The van der Waals surface area contributed by atoms with Gasteiger partial charge >= 0.3 is 6.03 Å². The first-order valence-corrected chi connectivity index (χ1v) is 7.96. The van der Waals surface area contributed by atoms with Crippen molar-refractivity contribution in [1.82, 2.24) is 30.1 Å². The molecule has 25 heavy (non-hydrogen) atoms. The number of nitrogens with zero attached hydrogens (tertiary/aromatic N) is 6. The number of amides is 2. The summed E-state index contributed by atoms with van der Waals surface area (Å²) in [4.78, 5) is 18.1. The second-order valence-corrected chi connectivity index (χ2v) is 5.52. The van der Waals surface area contributed by atoms with Crippen LogP contribution in [0.3, 0.4) is 0 Å². The van der Waals surface area contributed by atoms with Crippen LogP contribution in [0.2, 0.25) is 0 Å². The molecule has 0 fully saturated rings. The van der Waals surface area contributed by atoms with Gasteiger partial charge in [-0.1, -0.05) is 19.1 Å². The van der Waals surface area contributed by atoms with E-state index in [9.17, 15) is 4.79 Å². The summed E-state index contributed by atoms with van der Waals surface area (Å²) in [6.07, 6.45) is 4.11. The molecule has 0 radical (unpaired) electrons. The molecule has 8 nitrogen and oxygen atoms in total. The predicted octanol–water partition coefficient (Wildman–Crippen LogP) is 2.28. The molecular formula is C17H19N7O. The number of pyridine rings is 1. The first-order valence-electron chi connectivity index (χ1n) is 7.96. The van der Waals surface area contributed by atoms with Crippen molar-refractivity contribution in [2.75, 3.05) is 12.4 Å². The molecule has 8 heteroatoms. The summed E-state index contributed by atoms with van der Waals surface area (Å²) >= 11 is 0. The van der Waals surface area contributed by atoms with Crippen molar-refractivity contribution < 1.29 is 4.79 Å². The molecule has 0 aliphatic heterocycles. The third kappa shape index (κ3) is 3.79. The third-order valence-corrected chi connectivity index (χ3v) is 3.74. The Balaban J connectivity index is 1.78. The third-order valence-electron chi connectivity index (χ3n) is 3.74. The maximum atomic E-state index is 12.5. The van der Waals surface area contributed by atoms with Crippen LogP contribution in [0.15, 0.2) is 48.8 Å². The summed E-state index contributed by atoms with van der Waals surface area (Å²) < 4.78 is 1.64. The van der Waals surface area contributed by atoms with E-state index >= 15 is 0 Å². The van der Waals surface area contributed by atoms with Crippen molar-refractivity contribution >= 4 is 11.7 Å². The lowest BCUT2D eigenvalue weighted by Crippen LogP contribution is -2.31. The SMILES string of the molecule is CCc1nnnn1-c1ccccc1NC(=O)N(C)Cc1ccncc1. The number of tetrazole rings is 1. The Morgan fingerprint density at radius 3 is 2.72 bits per heavy atom. The molecule has 1 aromatic carbocycles. The number of benzene rings is 1. The van der Waals surface area contributed by atoms with E-state index in [0.717, 1.165) is 17.1 Å². The highest BCUT2D eigenvalue weighted by Gasteiger charge is 2.15. The number of nitrogens with one attached hydrogen (secondary N) is 1. The van der Waals surface area contributed by atoms with E-state index in [1.54, 1.807) is 29.0 Å². The number of hydrogen-bond acceptors (Lipinski definition) is 5. The van der Waals surface area contributed by atoms with Gasteiger partial charge in [0.15, 0.2) is 5.82 Å². The van der Waals surface area contributed by atoms with Gasteiger partial charge in [-0.2, -0.15) is 4.68 Å². The minimum Gasteiger partial charge on any atom is -0.323 e. The van der Waals surface area contributed by atoms with Crippen molar-refractivity contribution in [3.8, 4) is 5.69 Å². The molecule has 3 rings (SSSR count). The van der Waals surface area contributed by atoms with Gasteiger partial charge in [0.1, 0.15) is 0 Å². The Labute approximate surface area is 145 Å². The van der Waals surface area contributed by atoms with Crippen LogP contribution in [0.5, 0.6) is 0 Å².